The molecule has 1 amide bonds. The van der Waals surface area contributed by atoms with Crippen LogP contribution in [0.2, 0.25) is 0 Å². The maximum atomic E-state index is 12.4. The molecule has 0 unspecified atom stereocenters. The Morgan fingerprint density at radius 3 is 2.74 bits per heavy atom. The summed E-state index contributed by atoms with van der Waals surface area (Å²) in [5.74, 6) is 0.918. The maximum Gasteiger partial charge on any atom is 0.231 e. The topological polar surface area (TPSA) is 59.8 Å². The molecule has 0 saturated heterocycles. The summed E-state index contributed by atoms with van der Waals surface area (Å²) < 4.78 is 2.03. The van der Waals surface area contributed by atoms with E-state index in [-0.39, 0.29) is 11.8 Å². The lowest BCUT2D eigenvalue weighted by Crippen LogP contribution is -2.29. The first kappa shape index (κ1) is 15.5. The van der Waals surface area contributed by atoms with E-state index in [1.165, 1.54) is 5.57 Å². The fraction of sp³-hybridized carbons (Fsp3) is 0.389. The van der Waals surface area contributed by atoms with Crippen LogP contribution in [-0.2, 0) is 11.2 Å². The third kappa shape index (κ3) is 3.18. The Balaban J connectivity index is 1.53. The minimum atomic E-state index is -0.0691. The molecule has 3 rings (SSSR count). The van der Waals surface area contributed by atoms with Crippen LogP contribution < -0.4 is 5.32 Å². The smallest absolute Gasteiger partial charge is 0.231 e. The highest BCUT2D eigenvalue weighted by molar-refractivity contribution is 6.05. The Morgan fingerprint density at radius 1 is 1.30 bits per heavy atom. The number of hydrogen-bond acceptors (Lipinski definition) is 3. The zero-order valence-corrected chi connectivity index (χ0v) is 13.8. The fourth-order valence-corrected chi connectivity index (χ4v) is 2.95. The predicted octanol–water partition coefficient (Wildman–Crippen LogP) is 2.62. The molecule has 1 heterocycles. The van der Waals surface area contributed by atoms with Crippen LogP contribution in [0.5, 0.6) is 0 Å². The molecule has 0 fully saturated rings. The minimum absolute atomic E-state index is 0.0691. The SMILES string of the molecule is CC1=C(c2ccccc2)[C@@H]1C(=O)NCCc1nncn1C(C)C. The van der Waals surface area contributed by atoms with Crippen molar-refractivity contribution in [3.8, 4) is 0 Å². The van der Waals surface area contributed by atoms with Gasteiger partial charge in [0.25, 0.3) is 0 Å². The molecule has 0 radical (unpaired) electrons. The highest BCUT2D eigenvalue weighted by atomic mass is 16.2. The quantitative estimate of drug-likeness (QED) is 0.892. The highest BCUT2D eigenvalue weighted by Crippen LogP contribution is 2.46. The van der Waals surface area contributed by atoms with Gasteiger partial charge in [0.15, 0.2) is 0 Å². The lowest BCUT2D eigenvalue weighted by molar-refractivity contribution is -0.121. The second-order valence-corrected chi connectivity index (χ2v) is 6.18. The van der Waals surface area contributed by atoms with Gasteiger partial charge in [-0.2, -0.15) is 0 Å². The number of rotatable bonds is 6. The van der Waals surface area contributed by atoms with Gasteiger partial charge in [0.05, 0.1) is 5.92 Å². The van der Waals surface area contributed by atoms with Gasteiger partial charge in [0.1, 0.15) is 12.2 Å². The lowest BCUT2D eigenvalue weighted by Gasteiger charge is -2.10. The Hall–Kier alpha value is -2.43. The van der Waals surface area contributed by atoms with E-state index in [1.54, 1.807) is 6.33 Å². The number of amides is 1. The van der Waals surface area contributed by atoms with E-state index in [1.807, 2.05) is 29.7 Å². The van der Waals surface area contributed by atoms with Crippen molar-refractivity contribution in [1.29, 1.82) is 0 Å². The molecule has 120 valence electrons. The van der Waals surface area contributed by atoms with Crippen molar-refractivity contribution in [3.05, 3.63) is 53.6 Å². The molecule has 1 N–H and O–H groups in total. The monoisotopic (exact) mass is 310 g/mol. The van der Waals surface area contributed by atoms with Gasteiger partial charge in [-0.25, -0.2) is 0 Å². The largest absolute Gasteiger partial charge is 0.355 e. The molecule has 0 spiro atoms. The minimum Gasteiger partial charge on any atom is -0.355 e. The molecule has 2 aromatic rings. The first-order valence-electron chi connectivity index (χ1n) is 8.01. The van der Waals surface area contributed by atoms with E-state index in [9.17, 15) is 4.79 Å². The lowest BCUT2D eigenvalue weighted by atomic mass is 10.1. The third-order valence-electron chi connectivity index (χ3n) is 4.26. The van der Waals surface area contributed by atoms with E-state index < -0.39 is 0 Å². The van der Waals surface area contributed by atoms with Crippen molar-refractivity contribution in [1.82, 2.24) is 20.1 Å². The van der Waals surface area contributed by atoms with E-state index >= 15 is 0 Å². The normalized spacial score (nSPS) is 16.8. The van der Waals surface area contributed by atoms with Gasteiger partial charge in [-0.15, -0.1) is 10.2 Å². The summed E-state index contributed by atoms with van der Waals surface area (Å²) in [5.41, 5.74) is 3.47. The van der Waals surface area contributed by atoms with Gasteiger partial charge < -0.3 is 9.88 Å². The van der Waals surface area contributed by atoms with E-state index in [0.717, 1.165) is 17.0 Å². The van der Waals surface area contributed by atoms with Crippen LogP contribution in [0.4, 0.5) is 0 Å². The second kappa shape index (κ2) is 6.36. The fourth-order valence-electron chi connectivity index (χ4n) is 2.95. The van der Waals surface area contributed by atoms with Crippen LogP contribution in [-0.4, -0.2) is 27.2 Å². The Labute approximate surface area is 136 Å². The number of nitrogens with one attached hydrogen (secondary N) is 1. The molecule has 1 aromatic carbocycles. The van der Waals surface area contributed by atoms with Gasteiger partial charge in [0.2, 0.25) is 5.91 Å². The maximum absolute atomic E-state index is 12.4. The molecular weight excluding hydrogens is 288 g/mol. The average Bonchev–Trinajstić information content (AvgIpc) is 2.99. The number of carbonyl (C=O) groups is 1. The Kier molecular flexibility index (Phi) is 4.28. The Bertz CT molecular complexity index is 730. The second-order valence-electron chi connectivity index (χ2n) is 6.18. The predicted molar refractivity (Wildman–Crippen MR) is 89.6 cm³/mol. The molecule has 1 aromatic heterocycles. The van der Waals surface area contributed by atoms with Crippen molar-refractivity contribution in [2.24, 2.45) is 5.92 Å². The molecule has 23 heavy (non-hydrogen) atoms. The summed E-state index contributed by atoms with van der Waals surface area (Å²) in [4.78, 5) is 12.4. The Morgan fingerprint density at radius 2 is 2.04 bits per heavy atom. The van der Waals surface area contributed by atoms with Crippen molar-refractivity contribution in [2.45, 2.75) is 33.2 Å². The summed E-state index contributed by atoms with van der Waals surface area (Å²) in [6.07, 6.45) is 2.43. The van der Waals surface area contributed by atoms with E-state index in [4.69, 9.17) is 0 Å². The summed E-state index contributed by atoms with van der Waals surface area (Å²) in [7, 11) is 0. The van der Waals surface area contributed by atoms with Crippen LogP contribution >= 0.6 is 0 Å². The zero-order chi connectivity index (χ0) is 16.4. The first-order valence-corrected chi connectivity index (χ1v) is 8.01. The molecular formula is C18H22N4O. The molecule has 5 nitrogen and oxygen atoms in total. The van der Waals surface area contributed by atoms with Gasteiger partial charge in [-0.3, -0.25) is 4.79 Å². The van der Waals surface area contributed by atoms with Crippen molar-refractivity contribution < 1.29 is 4.79 Å². The number of nitrogens with zero attached hydrogens (tertiary/aromatic N) is 3. The van der Waals surface area contributed by atoms with Gasteiger partial charge in [-0.1, -0.05) is 35.9 Å². The van der Waals surface area contributed by atoms with Crippen LogP contribution in [0.25, 0.3) is 5.57 Å². The highest BCUT2D eigenvalue weighted by Gasteiger charge is 2.39. The summed E-state index contributed by atoms with van der Waals surface area (Å²) >= 11 is 0. The third-order valence-corrected chi connectivity index (χ3v) is 4.26. The van der Waals surface area contributed by atoms with Crippen molar-refractivity contribution in [3.63, 3.8) is 0 Å². The van der Waals surface area contributed by atoms with E-state index in [2.05, 4.69) is 41.5 Å². The number of benzene rings is 1. The summed E-state index contributed by atoms with van der Waals surface area (Å²) in [6, 6.07) is 10.4. The van der Waals surface area contributed by atoms with Gasteiger partial charge in [-0.05, 0) is 31.9 Å². The molecule has 0 bridgehead atoms. The first-order chi connectivity index (χ1) is 11.1. The summed E-state index contributed by atoms with van der Waals surface area (Å²) in [6.45, 7) is 6.79. The van der Waals surface area contributed by atoms with Crippen LogP contribution in [0.15, 0.2) is 42.2 Å². The molecule has 1 atom stereocenters. The van der Waals surface area contributed by atoms with Crippen LogP contribution in [0.3, 0.4) is 0 Å². The van der Waals surface area contributed by atoms with Crippen LogP contribution in [0, 0.1) is 5.92 Å². The average molecular weight is 310 g/mol. The van der Waals surface area contributed by atoms with Crippen molar-refractivity contribution >= 4 is 11.5 Å². The number of aromatic nitrogens is 3. The molecule has 0 saturated carbocycles. The number of carbonyl (C=O) groups excluding carboxylic acids is 1. The van der Waals surface area contributed by atoms with Gasteiger partial charge >= 0.3 is 0 Å². The molecule has 0 aliphatic heterocycles. The van der Waals surface area contributed by atoms with Gasteiger partial charge in [0, 0.05) is 19.0 Å². The van der Waals surface area contributed by atoms with Crippen molar-refractivity contribution in [2.75, 3.05) is 6.54 Å². The molecule has 1 aliphatic rings. The standard InChI is InChI=1S/C18H22N4O/c1-12(2)22-11-20-21-15(22)9-10-19-18(23)17-13(3)16(17)14-7-5-4-6-8-14/h4-8,11-12,17H,9-10H2,1-3H3,(H,19,23)/t17-/m1/s1. The zero-order valence-electron chi connectivity index (χ0n) is 13.8. The molecule has 5 heteroatoms. The van der Waals surface area contributed by atoms with Crippen LogP contribution in [0.1, 0.15) is 38.2 Å². The summed E-state index contributed by atoms with van der Waals surface area (Å²) in [5, 5.41) is 11.1. The molecule has 1 aliphatic carbocycles. The van der Waals surface area contributed by atoms with E-state index in [0.29, 0.717) is 19.0 Å². The number of hydrogen-bond donors (Lipinski definition) is 1.